The molecule has 2 unspecified atom stereocenters. The lowest BCUT2D eigenvalue weighted by atomic mass is 10.0. The molecule has 0 aromatic carbocycles. The molecule has 1 N–H and O–H groups in total. The van der Waals surface area contributed by atoms with E-state index in [1.165, 1.54) is 0 Å². The topological polar surface area (TPSA) is 21.3 Å². The molecule has 2 atom stereocenters. The summed E-state index contributed by atoms with van der Waals surface area (Å²) in [5.41, 5.74) is 1.99. The van der Waals surface area contributed by atoms with Crippen molar-refractivity contribution < 1.29 is 6.16 Å². The highest BCUT2D eigenvalue weighted by Gasteiger charge is 2.60. The lowest BCUT2D eigenvalue weighted by molar-refractivity contribution is 0.165. The molecule has 1 saturated carbocycles. The third-order valence-electron chi connectivity index (χ3n) is 2.97. The highest BCUT2D eigenvalue weighted by Crippen LogP contribution is 2.57. The molecule has 0 saturated heterocycles. The second-order valence-electron chi connectivity index (χ2n) is 3.63. The van der Waals surface area contributed by atoms with Gasteiger partial charge in [0.2, 0.25) is 0 Å². The minimum absolute atomic E-state index is 0. The summed E-state index contributed by atoms with van der Waals surface area (Å²) in [6, 6.07) is 0. The van der Waals surface area contributed by atoms with E-state index in [4.69, 9.17) is 4.74 Å². The first kappa shape index (κ1) is 9.13. The van der Waals surface area contributed by atoms with Crippen LogP contribution in [-0.4, -0.2) is 12.6 Å². The summed E-state index contributed by atoms with van der Waals surface area (Å²) in [7, 11) is 1.89. The van der Waals surface area contributed by atoms with Crippen LogP contribution in [0.15, 0.2) is 48.9 Å². The standard InChI is InChI=1S/C12H15NO.H2/c1-4-10(11(5-2)13-3)12-8-9(12)6-7-14-12;/h4-7,9,13H,1-2,8H2,3H3;1H/b11-10-;. The van der Waals surface area contributed by atoms with Gasteiger partial charge in [0.05, 0.1) is 6.26 Å². The van der Waals surface area contributed by atoms with Crippen molar-refractivity contribution in [1.29, 1.82) is 0 Å². The van der Waals surface area contributed by atoms with Crippen LogP contribution >= 0.6 is 0 Å². The summed E-state index contributed by atoms with van der Waals surface area (Å²) in [5.74, 6) is 0.527. The smallest absolute Gasteiger partial charge is 0.142 e. The van der Waals surface area contributed by atoms with Crippen molar-refractivity contribution in [3.05, 3.63) is 48.9 Å². The van der Waals surface area contributed by atoms with Gasteiger partial charge in [-0.05, 0) is 12.2 Å². The van der Waals surface area contributed by atoms with E-state index in [0.29, 0.717) is 5.92 Å². The molecule has 2 aliphatic rings. The normalized spacial score (nSPS) is 33.9. The van der Waals surface area contributed by atoms with Crippen LogP contribution in [0.3, 0.4) is 0 Å². The Balaban J connectivity index is 0.00000112. The van der Waals surface area contributed by atoms with Gasteiger partial charge in [0.15, 0.2) is 0 Å². The molecule has 2 rings (SSSR count). The van der Waals surface area contributed by atoms with E-state index < -0.39 is 0 Å². The summed E-state index contributed by atoms with van der Waals surface area (Å²) < 4.78 is 5.65. The predicted molar refractivity (Wildman–Crippen MR) is 59.7 cm³/mol. The molecule has 0 spiro atoms. The Morgan fingerprint density at radius 3 is 2.79 bits per heavy atom. The number of rotatable bonds is 4. The summed E-state index contributed by atoms with van der Waals surface area (Å²) in [5, 5.41) is 3.11. The predicted octanol–water partition coefficient (Wildman–Crippen LogP) is 2.38. The van der Waals surface area contributed by atoms with E-state index in [9.17, 15) is 0 Å². The van der Waals surface area contributed by atoms with E-state index in [0.717, 1.165) is 17.7 Å². The van der Waals surface area contributed by atoms with Gasteiger partial charge in [-0.25, -0.2) is 0 Å². The summed E-state index contributed by atoms with van der Waals surface area (Å²) in [4.78, 5) is 0. The minimum atomic E-state index is -0.131. The van der Waals surface area contributed by atoms with E-state index in [2.05, 4.69) is 24.6 Å². The first-order valence-corrected chi connectivity index (χ1v) is 4.80. The van der Waals surface area contributed by atoms with Crippen LogP contribution in [0.2, 0.25) is 0 Å². The van der Waals surface area contributed by atoms with Crippen LogP contribution in [0.25, 0.3) is 0 Å². The zero-order chi connectivity index (χ0) is 10.2. The average molecular weight is 191 g/mol. The Morgan fingerprint density at radius 1 is 1.64 bits per heavy atom. The number of nitrogens with one attached hydrogen (secondary N) is 1. The fraction of sp³-hybridized carbons (Fsp3) is 0.333. The second kappa shape index (κ2) is 3.05. The molecular weight excluding hydrogens is 174 g/mol. The number of ether oxygens (including phenoxy) is 1. The van der Waals surface area contributed by atoms with Gasteiger partial charge >= 0.3 is 0 Å². The highest BCUT2D eigenvalue weighted by atomic mass is 16.5. The molecule has 2 heteroatoms. The first-order chi connectivity index (χ1) is 6.78. The SMILES string of the molecule is C=C/C(NC)=C(\C=C)C12CC1C=CO2.[HH]. The summed E-state index contributed by atoms with van der Waals surface area (Å²) in [6.07, 6.45) is 8.63. The molecule has 0 amide bonds. The number of fused-ring (bicyclic) bond motifs is 1. The van der Waals surface area contributed by atoms with Crippen LogP contribution in [0.4, 0.5) is 0 Å². The van der Waals surface area contributed by atoms with Gasteiger partial charge in [-0.3, -0.25) is 0 Å². The van der Waals surface area contributed by atoms with Gasteiger partial charge in [-0.1, -0.05) is 19.2 Å². The Kier molecular flexibility index (Phi) is 1.99. The van der Waals surface area contributed by atoms with Gasteiger partial charge < -0.3 is 10.1 Å². The van der Waals surface area contributed by atoms with Gasteiger partial charge in [0, 0.05) is 32.1 Å². The lowest BCUT2D eigenvalue weighted by Crippen LogP contribution is -2.19. The maximum Gasteiger partial charge on any atom is 0.142 e. The van der Waals surface area contributed by atoms with E-state index in [-0.39, 0.29) is 7.03 Å². The van der Waals surface area contributed by atoms with Crippen molar-refractivity contribution in [2.24, 2.45) is 5.92 Å². The molecular formula is C12H17NO. The van der Waals surface area contributed by atoms with E-state index in [1.54, 1.807) is 6.26 Å². The third-order valence-corrected chi connectivity index (χ3v) is 2.97. The molecule has 2 nitrogen and oxygen atoms in total. The van der Waals surface area contributed by atoms with Crippen molar-refractivity contribution in [3.63, 3.8) is 0 Å². The van der Waals surface area contributed by atoms with E-state index in [1.807, 2.05) is 19.2 Å². The highest BCUT2D eigenvalue weighted by molar-refractivity contribution is 5.46. The molecule has 0 aromatic rings. The van der Waals surface area contributed by atoms with Crippen molar-refractivity contribution in [3.8, 4) is 0 Å². The van der Waals surface area contributed by atoms with E-state index >= 15 is 0 Å². The number of likely N-dealkylation sites (N-methyl/N-ethyl adjacent to an activating group) is 1. The molecule has 1 fully saturated rings. The zero-order valence-corrected chi connectivity index (χ0v) is 8.42. The van der Waals surface area contributed by atoms with Crippen molar-refractivity contribution >= 4 is 0 Å². The third kappa shape index (κ3) is 1.03. The Hall–Kier alpha value is -1.44. The quantitative estimate of drug-likeness (QED) is 0.689. The lowest BCUT2D eigenvalue weighted by Gasteiger charge is -2.18. The number of hydrogen-bond donors (Lipinski definition) is 1. The van der Waals surface area contributed by atoms with Gasteiger partial charge in [-0.15, -0.1) is 0 Å². The van der Waals surface area contributed by atoms with Crippen LogP contribution < -0.4 is 5.32 Å². The molecule has 76 valence electrons. The van der Waals surface area contributed by atoms with Gasteiger partial charge in [0.25, 0.3) is 0 Å². The number of allylic oxidation sites excluding steroid dienone is 1. The largest absolute Gasteiger partial charge is 0.490 e. The molecule has 0 bridgehead atoms. The average Bonchev–Trinajstić information content (AvgIpc) is 2.77. The van der Waals surface area contributed by atoms with Crippen molar-refractivity contribution in [2.45, 2.75) is 12.0 Å². The first-order valence-electron chi connectivity index (χ1n) is 4.80. The van der Waals surface area contributed by atoms with Crippen molar-refractivity contribution in [1.82, 2.24) is 5.32 Å². The van der Waals surface area contributed by atoms with Crippen LogP contribution in [-0.2, 0) is 4.74 Å². The molecule has 1 heterocycles. The second-order valence-corrected chi connectivity index (χ2v) is 3.63. The van der Waals surface area contributed by atoms with Gasteiger partial charge in [-0.2, -0.15) is 0 Å². The summed E-state index contributed by atoms with van der Waals surface area (Å²) >= 11 is 0. The van der Waals surface area contributed by atoms with Crippen LogP contribution in [0.1, 0.15) is 7.85 Å². The maximum atomic E-state index is 5.65. The monoisotopic (exact) mass is 191 g/mol. The van der Waals surface area contributed by atoms with Crippen molar-refractivity contribution in [2.75, 3.05) is 7.05 Å². The Bertz CT molecular complexity index is 346. The Labute approximate surface area is 86.1 Å². The molecule has 1 aliphatic heterocycles. The van der Waals surface area contributed by atoms with Gasteiger partial charge in [0.1, 0.15) is 5.60 Å². The fourth-order valence-electron chi connectivity index (χ4n) is 2.11. The summed E-state index contributed by atoms with van der Waals surface area (Å²) in [6.45, 7) is 7.62. The number of hydrogen-bond acceptors (Lipinski definition) is 2. The zero-order valence-electron chi connectivity index (χ0n) is 8.42. The Morgan fingerprint density at radius 2 is 2.43 bits per heavy atom. The fourth-order valence-corrected chi connectivity index (χ4v) is 2.11. The molecule has 14 heavy (non-hydrogen) atoms. The van der Waals surface area contributed by atoms with Crippen LogP contribution in [0, 0.1) is 5.92 Å². The molecule has 0 radical (unpaired) electrons. The molecule has 0 aromatic heterocycles. The minimum Gasteiger partial charge on any atom is -0.490 e. The maximum absolute atomic E-state index is 5.65. The molecule has 1 aliphatic carbocycles. The van der Waals surface area contributed by atoms with Crippen LogP contribution in [0.5, 0.6) is 0 Å².